The third-order valence-electron chi connectivity index (χ3n) is 4.41. The van der Waals surface area contributed by atoms with Crippen LogP contribution in [0.15, 0.2) is 6.20 Å². The summed E-state index contributed by atoms with van der Waals surface area (Å²) in [6, 6.07) is 0. The van der Waals surface area contributed by atoms with Gasteiger partial charge < -0.3 is 4.74 Å². The lowest BCUT2D eigenvalue weighted by Gasteiger charge is -2.41. The molecule has 0 atom stereocenters. The van der Waals surface area contributed by atoms with Crippen LogP contribution in [0.4, 0.5) is 0 Å². The van der Waals surface area contributed by atoms with E-state index in [2.05, 4.69) is 34.8 Å². The molecule has 1 aromatic rings. The normalized spacial score (nSPS) is 21.3. The molecule has 0 aromatic carbocycles. The highest BCUT2D eigenvalue weighted by atomic mass is 79.9. The number of ether oxygens (including phenoxy) is 1. The highest BCUT2D eigenvalue weighted by Gasteiger charge is 2.42. The molecule has 1 aliphatic rings. The van der Waals surface area contributed by atoms with Gasteiger partial charge in [0.15, 0.2) is 5.82 Å². The van der Waals surface area contributed by atoms with Crippen molar-refractivity contribution in [2.45, 2.75) is 57.4 Å². The first-order chi connectivity index (χ1) is 8.92. The lowest BCUT2D eigenvalue weighted by molar-refractivity contribution is -0.0730. The van der Waals surface area contributed by atoms with Gasteiger partial charge in [0.25, 0.3) is 0 Å². The standard InChI is InChI=1S/C15H23BrN2O/c1-11-10-17-13(18-12(11)9-16)15(19-4)7-5-14(2,3)6-8-15/h10H,5-9H2,1-4H3. The maximum Gasteiger partial charge on any atom is 0.160 e. The van der Waals surface area contributed by atoms with Crippen LogP contribution in [0.2, 0.25) is 0 Å². The number of hydrogen-bond donors (Lipinski definition) is 0. The van der Waals surface area contributed by atoms with Gasteiger partial charge in [0, 0.05) is 18.6 Å². The lowest BCUT2D eigenvalue weighted by Crippen LogP contribution is -2.38. The average Bonchev–Trinajstić information content (AvgIpc) is 2.40. The Balaban J connectivity index is 2.32. The highest BCUT2D eigenvalue weighted by Crippen LogP contribution is 2.46. The van der Waals surface area contributed by atoms with E-state index in [4.69, 9.17) is 9.72 Å². The lowest BCUT2D eigenvalue weighted by atomic mass is 9.70. The number of methoxy groups -OCH3 is 1. The molecule has 4 heteroatoms. The van der Waals surface area contributed by atoms with Crippen molar-refractivity contribution >= 4 is 15.9 Å². The summed E-state index contributed by atoms with van der Waals surface area (Å²) < 4.78 is 5.86. The van der Waals surface area contributed by atoms with Crippen LogP contribution in [-0.2, 0) is 15.7 Å². The van der Waals surface area contributed by atoms with Gasteiger partial charge in [-0.3, -0.25) is 0 Å². The Morgan fingerprint density at radius 1 is 1.26 bits per heavy atom. The van der Waals surface area contributed by atoms with Gasteiger partial charge in [0.2, 0.25) is 0 Å². The van der Waals surface area contributed by atoms with Crippen LogP contribution in [0.3, 0.4) is 0 Å². The molecule has 0 radical (unpaired) electrons. The number of hydrogen-bond acceptors (Lipinski definition) is 3. The second-order valence-electron chi connectivity index (χ2n) is 6.32. The Labute approximate surface area is 124 Å². The van der Waals surface area contributed by atoms with E-state index in [1.165, 1.54) is 0 Å². The number of aryl methyl sites for hydroxylation is 1. The summed E-state index contributed by atoms with van der Waals surface area (Å²) in [6.45, 7) is 6.70. The zero-order valence-electron chi connectivity index (χ0n) is 12.3. The first-order valence-corrected chi connectivity index (χ1v) is 7.99. The Morgan fingerprint density at radius 3 is 2.42 bits per heavy atom. The van der Waals surface area contributed by atoms with Gasteiger partial charge >= 0.3 is 0 Å². The maximum absolute atomic E-state index is 5.86. The Hall–Kier alpha value is -0.480. The third-order valence-corrected chi connectivity index (χ3v) is 4.94. The number of alkyl halides is 1. The van der Waals surface area contributed by atoms with Crippen LogP contribution in [0, 0.1) is 12.3 Å². The zero-order valence-corrected chi connectivity index (χ0v) is 13.9. The zero-order chi connectivity index (χ0) is 14.1. The molecule has 2 rings (SSSR count). The number of aromatic nitrogens is 2. The summed E-state index contributed by atoms with van der Waals surface area (Å²) in [5.41, 5.74) is 2.31. The monoisotopic (exact) mass is 326 g/mol. The summed E-state index contributed by atoms with van der Waals surface area (Å²) in [6.07, 6.45) is 6.23. The van der Waals surface area contributed by atoms with Crippen LogP contribution >= 0.6 is 15.9 Å². The summed E-state index contributed by atoms with van der Waals surface area (Å²) in [5.74, 6) is 0.852. The van der Waals surface area contributed by atoms with Crippen molar-refractivity contribution in [1.82, 2.24) is 9.97 Å². The van der Waals surface area contributed by atoms with Crippen LogP contribution in [-0.4, -0.2) is 17.1 Å². The van der Waals surface area contributed by atoms with Crippen molar-refractivity contribution in [2.24, 2.45) is 5.41 Å². The second kappa shape index (κ2) is 5.49. The molecular weight excluding hydrogens is 304 g/mol. The van der Waals surface area contributed by atoms with E-state index >= 15 is 0 Å². The van der Waals surface area contributed by atoms with E-state index < -0.39 is 0 Å². The Bertz CT molecular complexity index is 449. The molecule has 106 valence electrons. The number of nitrogens with zero attached hydrogens (tertiary/aromatic N) is 2. The van der Waals surface area contributed by atoms with E-state index in [-0.39, 0.29) is 5.60 Å². The smallest absolute Gasteiger partial charge is 0.160 e. The van der Waals surface area contributed by atoms with Gasteiger partial charge in [0.1, 0.15) is 5.60 Å². The van der Waals surface area contributed by atoms with E-state index in [0.717, 1.165) is 48.1 Å². The minimum Gasteiger partial charge on any atom is -0.370 e. The topological polar surface area (TPSA) is 35.0 Å². The molecule has 1 aromatic heterocycles. The average molecular weight is 327 g/mol. The first-order valence-electron chi connectivity index (χ1n) is 6.87. The van der Waals surface area contributed by atoms with E-state index in [0.29, 0.717) is 5.41 Å². The molecular formula is C15H23BrN2O. The molecule has 0 aliphatic heterocycles. The Kier molecular flexibility index (Phi) is 4.31. The van der Waals surface area contributed by atoms with E-state index in [1.54, 1.807) is 7.11 Å². The summed E-state index contributed by atoms with van der Waals surface area (Å²) >= 11 is 3.49. The molecule has 0 spiro atoms. The third kappa shape index (κ3) is 3.00. The van der Waals surface area contributed by atoms with Gasteiger partial charge in [-0.25, -0.2) is 9.97 Å². The van der Waals surface area contributed by atoms with Crippen molar-refractivity contribution in [3.8, 4) is 0 Å². The van der Waals surface area contributed by atoms with Crippen molar-refractivity contribution in [3.63, 3.8) is 0 Å². The Morgan fingerprint density at radius 2 is 1.89 bits per heavy atom. The van der Waals surface area contributed by atoms with Crippen LogP contribution in [0.5, 0.6) is 0 Å². The molecule has 3 nitrogen and oxygen atoms in total. The fourth-order valence-corrected chi connectivity index (χ4v) is 3.25. The predicted octanol–water partition coefficient (Wildman–Crippen LogP) is 4.12. The largest absolute Gasteiger partial charge is 0.370 e. The summed E-state index contributed by atoms with van der Waals surface area (Å²) in [5, 5.41) is 0.764. The highest BCUT2D eigenvalue weighted by molar-refractivity contribution is 9.08. The van der Waals surface area contributed by atoms with Gasteiger partial charge in [-0.1, -0.05) is 29.8 Å². The molecule has 1 fully saturated rings. The molecule has 0 bridgehead atoms. The maximum atomic E-state index is 5.86. The fourth-order valence-electron chi connectivity index (χ4n) is 2.68. The molecule has 0 unspecified atom stereocenters. The van der Waals surface area contributed by atoms with Crippen molar-refractivity contribution < 1.29 is 4.74 Å². The van der Waals surface area contributed by atoms with Crippen molar-refractivity contribution in [1.29, 1.82) is 0 Å². The summed E-state index contributed by atoms with van der Waals surface area (Å²) in [7, 11) is 1.79. The first kappa shape index (κ1) is 14.9. The van der Waals surface area contributed by atoms with Crippen LogP contribution < -0.4 is 0 Å². The second-order valence-corrected chi connectivity index (χ2v) is 6.88. The predicted molar refractivity (Wildman–Crippen MR) is 80.3 cm³/mol. The molecule has 1 saturated carbocycles. The van der Waals surface area contributed by atoms with E-state index in [1.807, 2.05) is 13.1 Å². The van der Waals surface area contributed by atoms with Crippen molar-refractivity contribution in [3.05, 3.63) is 23.3 Å². The molecule has 0 N–H and O–H groups in total. The minimum absolute atomic E-state index is 0.292. The molecule has 0 amide bonds. The number of halogens is 1. The number of rotatable bonds is 3. The van der Waals surface area contributed by atoms with Crippen LogP contribution in [0.25, 0.3) is 0 Å². The van der Waals surface area contributed by atoms with Crippen molar-refractivity contribution in [2.75, 3.05) is 7.11 Å². The molecule has 19 heavy (non-hydrogen) atoms. The van der Waals surface area contributed by atoms with Gasteiger partial charge in [0.05, 0.1) is 5.69 Å². The SMILES string of the molecule is COC1(c2ncc(C)c(CBr)n2)CCC(C)(C)CC1. The molecule has 0 saturated heterocycles. The van der Waals surface area contributed by atoms with Gasteiger partial charge in [-0.2, -0.15) is 0 Å². The van der Waals surface area contributed by atoms with Crippen LogP contribution in [0.1, 0.15) is 56.6 Å². The molecule has 1 heterocycles. The quantitative estimate of drug-likeness (QED) is 0.783. The minimum atomic E-state index is -0.292. The van der Waals surface area contributed by atoms with Gasteiger partial charge in [-0.15, -0.1) is 0 Å². The summed E-state index contributed by atoms with van der Waals surface area (Å²) in [4.78, 5) is 9.27. The molecule has 1 aliphatic carbocycles. The fraction of sp³-hybridized carbons (Fsp3) is 0.733. The van der Waals surface area contributed by atoms with Gasteiger partial charge in [-0.05, 0) is 43.6 Å². The van der Waals surface area contributed by atoms with E-state index in [9.17, 15) is 0 Å².